The third-order valence-electron chi connectivity index (χ3n) is 5.61. The van der Waals surface area contributed by atoms with Crippen molar-refractivity contribution >= 4 is 0 Å². The Morgan fingerprint density at radius 3 is 2.29 bits per heavy atom. The quantitative estimate of drug-likeness (QED) is 0.649. The van der Waals surface area contributed by atoms with Crippen LogP contribution in [0.4, 0.5) is 0 Å². The lowest BCUT2D eigenvalue weighted by atomic mass is 9.71. The van der Waals surface area contributed by atoms with Gasteiger partial charge in [0.25, 0.3) is 0 Å². The molecule has 0 amide bonds. The van der Waals surface area contributed by atoms with Crippen molar-refractivity contribution in [3.63, 3.8) is 0 Å². The highest BCUT2D eigenvalue weighted by Gasteiger charge is 2.40. The molecule has 1 saturated heterocycles. The van der Waals surface area contributed by atoms with Gasteiger partial charge in [0.1, 0.15) is 0 Å². The van der Waals surface area contributed by atoms with Gasteiger partial charge in [-0.3, -0.25) is 0 Å². The van der Waals surface area contributed by atoms with Crippen LogP contribution in [0, 0.1) is 17.8 Å². The number of hydrogen-bond acceptors (Lipinski definition) is 1. The zero-order valence-corrected chi connectivity index (χ0v) is 11.4. The average molecular weight is 236 g/mol. The number of hydrogen-bond donors (Lipinski definition) is 0. The van der Waals surface area contributed by atoms with Gasteiger partial charge in [-0.15, -0.1) is 0 Å². The molecule has 0 N–H and O–H groups in total. The van der Waals surface area contributed by atoms with E-state index in [0.29, 0.717) is 12.2 Å². The molecule has 0 radical (unpaired) electrons. The van der Waals surface area contributed by atoms with E-state index in [1.54, 1.807) is 0 Å². The van der Waals surface area contributed by atoms with E-state index >= 15 is 0 Å². The van der Waals surface area contributed by atoms with E-state index in [2.05, 4.69) is 6.92 Å². The van der Waals surface area contributed by atoms with Crippen LogP contribution in [0.5, 0.6) is 0 Å². The lowest BCUT2D eigenvalue weighted by molar-refractivity contribution is -0.144. The highest BCUT2D eigenvalue weighted by atomic mass is 16.5. The van der Waals surface area contributed by atoms with Crippen LogP contribution < -0.4 is 0 Å². The van der Waals surface area contributed by atoms with Crippen molar-refractivity contribution in [3.05, 3.63) is 0 Å². The second-order valence-electron chi connectivity index (χ2n) is 6.77. The molecule has 17 heavy (non-hydrogen) atoms. The van der Waals surface area contributed by atoms with Crippen LogP contribution in [0.1, 0.15) is 71.1 Å². The Kier molecular flexibility index (Phi) is 3.75. The lowest BCUT2D eigenvalue weighted by Crippen LogP contribution is -2.44. The first-order chi connectivity index (χ1) is 8.34. The summed E-state index contributed by atoms with van der Waals surface area (Å²) >= 11 is 0. The number of ether oxygens (including phenoxy) is 1. The summed E-state index contributed by atoms with van der Waals surface area (Å²) in [5.41, 5.74) is 0. The molecule has 98 valence electrons. The number of fused-ring (bicyclic) bond motifs is 1. The second-order valence-corrected chi connectivity index (χ2v) is 6.77. The fraction of sp³-hybridized carbons (Fsp3) is 1.00. The summed E-state index contributed by atoms with van der Waals surface area (Å²) in [4.78, 5) is 0. The molecule has 0 bridgehead atoms. The molecular formula is C16H28O. The maximum Gasteiger partial charge on any atom is 0.0609 e. The van der Waals surface area contributed by atoms with E-state index in [1.165, 1.54) is 64.2 Å². The standard InChI is InChI=1S/C16H28O/c1-12-11-16(13-7-3-2-4-8-13)17-15-10-6-5-9-14(12)15/h12-16H,2-11H2,1H3. The van der Waals surface area contributed by atoms with Crippen LogP contribution in [0.25, 0.3) is 0 Å². The van der Waals surface area contributed by atoms with Crippen molar-refractivity contribution in [2.45, 2.75) is 83.3 Å². The van der Waals surface area contributed by atoms with Gasteiger partial charge in [-0.1, -0.05) is 39.0 Å². The largest absolute Gasteiger partial charge is 0.374 e. The molecule has 3 aliphatic rings. The Bertz CT molecular complexity index is 244. The first-order valence-corrected chi connectivity index (χ1v) is 8.00. The van der Waals surface area contributed by atoms with Crippen LogP contribution in [-0.4, -0.2) is 12.2 Å². The van der Waals surface area contributed by atoms with Gasteiger partial charge < -0.3 is 4.74 Å². The fourth-order valence-electron chi connectivity index (χ4n) is 4.58. The van der Waals surface area contributed by atoms with E-state index in [9.17, 15) is 0 Å². The molecule has 1 heterocycles. The molecule has 0 aromatic heterocycles. The minimum atomic E-state index is 0.615. The first-order valence-electron chi connectivity index (χ1n) is 8.00. The third kappa shape index (κ3) is 2.54. The fourth-order valence-corrected chi connectivity index (χ4v) is 4.58. The molecule has 4 atom stereocenters. The van der Waals surface area contributed by atoms with Crippen molar-refractivity contribution in [1.82, 2.24) is 0 Å². The molecule has 0 spiro atoms. The minimum Gasteiger partial charge on any atom is -0.374 e. The van der Waals surface area contributed by atoms with E-state index in [-0.39, 0.29) is 0 Å². The third-order valence-corrected chi connectivity index (χ3v) is 5.61. The predicted octanol–water partition coefficient (Wildman–Crippen LogP) is 4.55. The molecule has 3 rings (SSSR count). The van der Waals surface area contributed by atoms with Gasteiger partial charge in [-0.2, -0.15) is 0 Å². The van der Waals surface area contributed by atoms with E-state index < -0.39 is 0 Å². The van der Waals surface area contributed by atoms with Gasteiger partial charge in [0, 0.05) is 0 Å². The summed E-state index contributed by atoms with van der Waals surface area (Å²) in [5.74, 6) is 2.71. The van der Waals surface area contributed by atoms with Crippen LogP contribution in [0.3, 0.4) is 0 Å². The first kappa shape index (κ1) is 12.0. The van der Waals surface area contributed by atoms with E-state index in [1.807, 2.05) is 0 Å². The number of rotatable bonds is 1. The van der Waals surface area contributed by atoms with Crippen molar-refractivity contribution in [1.29, 1.82) is 0 Å². The monoisotopic (exact) mass is 236 g/mol. The molecule has 2 saturated carbocycles. The summed E-state index contributed by atoms with van der Waals surface area (Å²) in [6.45, 7) is 2.49. The van der Waals surface area contributed by atoms with Gasteiger partial charge >= 0.3 is 0 Å². The van der Waals surface area contributed by atoms with Crippen molar-refractivity contribution in [2.24, 2.45) is 17.8 Å². The maximum absolute atomic E-state index is 6.50. The summed E-state index contributed by atoms with van der Waals surface area (Å²) < 4.78 is 6.50. The summed E-state index contributed by atoms with van der Waals surface area (Å²) in [6, 6.07) is 0. The zero-order valence-electron chi connectivity index (χ0n) is 11.4. The predicted molar refractivity (Wildman–Crippen MR) is 71.0 cm³/mol. The molecule has 2 aliphatic carbocycles. The van der Waals surface area contributed by atoms with Crippen molar-refractivity contribution in [2.75, 3.05) is 0 Å². The minimum absolute atomic E-state index is 0.615. The topological polar surface area (TPSA) is 9.23 Å². The van der Waals surface area contributed by atoms with Gasteiger partial charge in [-0.05, 0) is 49.9 Å². The summed E-state index contributed by atoms with van der Waals surface area (Å²) in [7, 11) is 0. The Hall–Kier alpha value is -0.0400. The molecule has 0 aromatic rings. The van der Waals surface area contributed by atoms with Gasteiger partial charge in [0.15, 0.2) is 0 Å². The van der Waals surface area contributed by atoms with Gasteiger partial charge in [-0.25, -0.2) is 0 Å². The smallest absolute Gasteiger partial charge is 0.0609 e. The van der Waals surface area contributed by atoms with Crippen molar-refractivity contribution < 1.29 is 4.74 Å². The van der Waals surface area contributed by atoms with Crippen LogP contribution in [0.15, 0.2) is 0 Å². The normalized spacial score (nSPS) is 44.3. The lowest BCUT2D eigenvalue weighted by Gasteiger charge is -2.46. The molecular weight excluding hydrogens is 208 g/mol. The Morgan fingerprint density at radius 1 is 0.765 bits per heavy atom. The average Bonchev–Trinajstić information content (AvgIpc) is 2.40. The van der Waals surface area contributed by atoms with Crippen LogP contribution in [0.2, 0.25) is 0 Å². The molecule has 1 nitrogen and oxygen atoms in total. The maximum atomic E-state index is 6.50. The Labute approximate surface area is 106 Å². The zero-order chi connectivity index (χ0) is 11.7. The highest BCUT2D eigenvalue weighted by molar-refractivity contribution is 4.89. The van der Waals surface area contributed by atoms with E-state index in [0.717, 1.165) is 17.8 Å². The van der Waals surface area contributed by atoms with Crippen LogP contribution in [-0.2, 0) is 4.74 Å². The second kappa shape index (κ2) is 5.30. The van der Waals surface area contributed by atoms with Gasteiger partial charge in [0.05, 0.1) is 12.2 Å². The Morgan fingerprint density at radius 2 is 1.47 bits per heavy atom. The highest BCUT2D eigenvalue weighted by Crippen LogP contribution is 2.43. The summed E-state index contributed by atoms with van der Waals surface area (Å²) in [6.07, 6.45) is 15.5. The van der Waals surface area contributed by atoms with Crippen LogP contribution >= 0.6 is 0 Å². The molecule has 3 fully saturated rings. The van der Waals surface area contributed by atoms with Crippen molar-refractivity contribution in [3.8, 4) is 0 Å². The summed E-state index contributed by atoms with van der Waals surface area (Å²) in [5, 5.41) is 0. The molecule has 4 unspecified atom stereocenters. The molecule has 1 aliphatic heterocycles. The molecule has 0 aromatic carbocycles. The molecule has 1 heteroatoms. The Balaban J connectivity index is 1.63. The van der Waals surface area contributed by atoms with Gasteiger partial charge in [0.2, 0.25) is 0 Å². The van der Waals surface area contributed by atoms with E-state index in [4.69, 9.17) is 4.74 Å². The SMILES string of the molecule is CC1CC(C2CCCCC2)OC2CCCCC12.